The largest absolute Gasteiger partial charge is 0.261 e. The van der Waals surface area contributed by atoms with Crippen LogP contribution in [0.5, 0.6) is 0 Å². The first kappa shape index (κ1) is 13.8. The lowest BCUT2D eigenvalue weighted by atomic mass is 10.0. The van der Waals surface area contributed by atoms with Crippen LogP contribution in [0, 0.1) is 13.8 Å². The van der Waals surface area contributed by atoms with Crippen molar-refractivity contribution in [3.8, 4) is 0 Å². The maximum absolute atomic E-state index is 4.45. The maximum atomic E-state index is 4.45. The lowest BCUT2D eigenvalue weighted by molar-refractivity contribution is 0.888. The van der Waals surface area contributed by atoms with E-state index in [1.807, 2.05) is 12.3 Å². The van der Waals surface area contributed by atoms with Crippen LogP contribution in [0.1, 0.15) is 27.2 Å². The number of benzene rings is 1. The Labute approximate surface area is 125 Å². The molecule has 1 unspecified atom stereocenters. The third-order valence-electron chi connectivity index (χ3n) is 2.98. The van der Waals surface area contributed by atoms with Gasteiger partial charge in [-0.25, -0.2) is 0 Å². The van der Waals surface area contributed by atoms with Gasteiger partial charge in [-0.1, -0.05) is 50.1 Å². The van der Waals surface area contributed by atoms with E-state index in [2.05, 4.69) is 75.0 Å². The van der Waals surface area contributed by atoms with Crippen molar-refractivity contribution in [3.05, 3.63) is 63.4 Å². The van der Waals surface area contributed by atoms with Gasteiger partial charge in [-0.3, -0.25) is 4.98 Å². The summed E-state index contributed by atoms with van der Waals surface area (Å²) in [5, 5.41) is 0. The SMILES string of the molecule is Cc1ccc(C(Br)Cc2ncccc2C)c(Br)c1. The lowest BCUT2D eigenvalue weighted by Crippen LogP contribution is -2.01. The Kier molecular flexibility index (Phi) is 4.57. The molecule has 0 saturated carbocycles. The summed E-state index contributed by atoms with van der Waals surface area (Å²) in [6, 6.07) is 10.5. The summed E-state index contributed by atoms with van der Waals surface area (Å²) in [6.45, 7) is 4.20. The van der Waals surface area contributed by atoms with E-state index < -0.39 is 0 Å². The van der Waals surface area contributed by atoms with Gasteiger partial charge in [0, 0.05) is 27.6 Å². The summed E-state index contributed by atoms with van der Waals surface area (Å²) >= 11 is 7.39. The van der Waals surface area contributed by atoms with Crippen LogP contribution >= 0.6 is 31.9 Å². The van der Waals surface area contributed by atoms with E-state index >= 15 is 0 Å². The zero-order chi connectivity index (χ0) is 13.1. The van der Waals surface area contributed by atoms with Crippen LogP contribution in [0.15, 0.2) is 41.0 Å². The average molecular weight is 369 g/mol. The van der Waals surface area contributed by atoms with Crippen molar-refractivity contribution >= 4 is 31.9 Å². The Morgan fingerprint density at radius 3 is 2.67 bits per heavy atom. The van der Waals surface area contributed by atoms with Crippen LogP contribution in [-0.4, -0.2) is 4.98 Å². The first-order valence-corrected chi connectivity index (χ1v) is 7.59. The van der Waals surface area contributed by atoms with Crippen LogP contribution in [0.25, 0.3) is 0 Å². The summed E-state index contributed by atoms with van der Waals surface area (Å²) < 4.78 is 1.15. The van der Waals surface area contributed by atoms with Gasteiger partial charge in [0.1, 0.15) is 0 Å². The fraction of sp³-hybridized carbons (Fsp3) is 0.267. The first-order valence-electron chi connectivity index (χ1n) is 5.88. The first-order chi connectivity index (χ1) is 8.58. The Morgan fingerprint density at radius 1 is 1.22 bits per heavy atom. The fourth-order valence-corrected chi connectivity index (χ4v) is 3.68. The molecule has 0 radical (unpaired) electrons. The minimum Gasteiger partial charge on any atom is -0.261 e. The van der Waals surface area contributed by atoms with Crippen LogP contribution in [0.4, 0.5) is 0 Å². The van der Waals surface area contributed by atoms with Gasteiger partial charge in [0.05, 0.1) is 0 Å². The lowest BCUT2D eigenvalue weighted by Gasteiger charge is -2.13. The molecule has 94 valence electrons. The number of aromatic nitrogens is 1. The second kappa shape index (κ2) is 5.98. The van der Waals surface area contributed by atoms with Gasteiger partial charge in [-0.2, -0.15) is 0 Å². The minimum atomic E-state index is 0.279. The topological polar surface area (TPSA) is 12.9 Å². The molecule has 0 spiro atoms. The van der Waals surface area contributed by atoms with Crippen molar-refractivity contribution in [2.75, 3.05) is 0 Å². The van der Waals surface area contributed by atoms with Crippen molar-refractivity contribution in [2.45, 2.75) is 25.1 Å². The number of rotatable bonds is 3. The van der Waals surface area contributed by atoms with Gasteiger partial charge in [0.15, 0.2) is 0 Å². The standard InChI is InChI=1S/C15H15Br2N/c1-10-5-6-12(13(16)8-10)14(17)9-15-11(2)4-3-7-18-15/h3-8,14H,9H2,1-2H3. The predicted octanol–water partition coefficient (Wildman–Crippen LogP) is 5.14. The molecule has 0 aliphatic carbocycles. The summed E-state index contributed by atoms with van der Waals surface area (Å²) in [5.74, 6) is 0. The van der Waals surface area contributed by atoms with Crippen molar-refractivity contribution in [1.82, 2.24) is 4.98 Å². The van der Waals surface area contributed by atoms with Crippen LogP contribution in [-0.2, 0) is 6.42 Å². The molecule has 3 heteroatoms. The quantitative estimate of drug-likeness (QED) is 0.683. The van der Waals surface area contributed by atoms with Crippen LogP contribution in [0.2, 0.25) is 0 Å². The molecule has 0 N–H and O–H groups in total. The monoisotopic (exact) mass is 367 g/mol. The average Bonchev–Trinajstić information content (AvgIpc) is 2.32. The molecule has 0 amide bonds. The second-order valence-electron chi connectivity index (χ2n) is 4.46. The van der Waals surface area contributed by atoms with Gasteiger partial charge in [-0.15, -0.1) is 0 Å². The molecule has 0 bridgehead atoms. The van der Waals surface area contributed by atoms with Gasteiger partial charge < -0.3 is 0 Å². The molecule has 1 aromatic heterocycles. The van der Waals surface area contributed by atoms with Gasteiger partial charge in [0.2, 0.25) is 0 Å². The molecule has 2 rings (SSSR count). The predicted molar refractivity (Wildman–Crippen MR) is 83.2 cm³/mol. The van der Waals surface area contributed by atoms with E-state index in [0.717, 1.165) is 16.6 Å². The molecule has 1 nitrogen and oxygen atoms in total. The smallest absolute Gasteiger partial charge is 0.0461 e. The Balaban J connectivity index is 2.22. The molecule has 18 heavy (non-hydrogen) atoms. The third kappa shape index (κ3) is 3.21. The Morgan fingerprint density at radius 2 is 2.00 bits per heavy atom. The van der Waals surface area contributed by atoms with Crippen LogP contribution in [0.3, 0.4) is 0 Å². The molecule has 0 fully saturated rings. The van der Waals surface area contributed by atoms with Crippen molar-refractivity contribution in [1.29, 1.82) is 0 Å². The molecule has 1 aromatic carbocycles. The number of hydrogen-bond acceptors (Lipinski definition) is 1. The van der Waals surface area contributed by atoms with E-state index in [-0.39, 0.29) is 4.83 Å². The fourth-order valence-electron chi connectivity index (χ4n) is 1.90. The molecule has 0 saturated heterocycles. The summed E-state index contributed by atoms with van der Waals surface area (Å²) in [6.07, 6.45) is 2.75. The molecular weight excluding hydrogens is 354 g/mol. The maximum Gasteiger partial charge on any atom is 0.0461 e. The van der Waals surface area contributed by atoms with Crippen LogP contribution < -0.4 is 0 Å². The van der Waals surface area contributed by atoms with Gasteiger partial charge >= 0.3 is 0 Å². The number of pyridine rings is 1. The zero-order valence-corrected chi connectivity index (χ0v) is 13.6. The second-order valence-corrected chi connectivity index (χ2v) is 6.42. The molecular formula is C15H15Br2N. The van der Waals surface area contributed by atoms with E-state index in [1.54, 1.807) is 0 Å². The van der Waals surface area contributed by atoms with Crippen molar-refractivity contribution in [2.24, 2.45) is 0 Å². The molecule has 1 heterocycles. The minimum absolute atomic E-state index is 0.279. The number of alkyl halides is 1. The van der Waals surface area contributed by atoms with E-state index in [1.165, 1.54) is 16.7 Å². The Hall–Kier alpha value is -0.670. The van der Waals surface area contributed by atoms with E-state index in [9.17, 15) is 0 Å². The zero-order valence-electron chi connectivity index (χ0n) is 10.5. The van der Waals surface area contributed by atoms with E-state index in [4.69, 9.17) is 0 Å². The number of nitrogens with zero attached hydrogens (tertiary/aromatic N) is 1. The summed E-state index contributed by atoms with van der Waals surface area (Å²) in [5.41, 5.74) is 4.92. The highest BCUT2D eigenvalue weighted by Gasteiger charge is 2.13. The van der Waals surface area contributed by atoms with Gasteiger partial charge in [0.25, 0.3) is 0 Å². The number of halogens is 2. The molecule has 0 aliphatic heterocycles. The normalized spacial score (nSPS) is 12.4. The van der Waals surface area contributed by atoms with Crippen molar-refractivity contribution < 1.29 is 0 Å². The summed E-state index contributed by atoms with van der Waals surface area (Å²) in [7, 11) is 0. The number of aryl methyl sites for hydroxylation is 2. The highest BCUT2D eigenvalue weighted by molar-refractivity contribution is 9.11. The molecule has 0 aliphatic rings. The van der Waals surface area contributed by atoms with Crippen molar-refractivity contribution in [3.63, 3.8) is 0 Å². The highest BCUT2D eigenvalue weighted by atomic mass is 79.9. The number of hydrogen-bond donors (Lipinski definition) is 0. The third-order valence-corrected chi connectivity index (χ3v) is 4.49. The van der Waals surface area contributed by atoms with Gasteiger partial charge in [-0.05, 0) is 42.7 Å². The van der Waals surface area contributed by atoms with E-state index in [0.29, 0.717) is 0 Å². The molecule has 1 atom stereocenters. The molecule has 2 aromatic rings. The summed E-state index contributed by atoms with van der Waals surface area (Å²) in [4.78, 5) is 4.72. The Bertz CT molecular complexity index is 552. The highest BCUT2D eigenvalue weighted by Crippen LogP contribution is 2.33.